The number of benzene rings is 1. The molecule has 1 amide bonds. The Morgan fingerprint density at radius 1 is 1.42 bits per heavy atom. The van der Waals surface area contributed by atoms with E-state index in [1.54, 1.807) is 11.8 Å². The van der Waals surface area contributed by atoms with Gasteiger partial charge in [-0.3, -0.25) is 4.68 Å². The summed E-state index contributed by atoms with van der Waals surface area (Å²) in [6.45, 7) is 10.2. The Balaban J connectivity index is 2.18. The van der Waals surface area contributed by atoms with Gasteiger partial charge in [0.1, 0.15) is 5.60 Å². The lowest BCUT2D eigenvalue weighted by atomic mass is 10.2. The van der Waals surface area contributed by atoms with Gasteiger partial charge in [-0.1, -0.05) is 6.92 Å². The third-order valence-corrected chi connectivity index (χ3v) is 4.31. The number of thioether (sulfide) groups is 1. The summed E-state index contributed by atoms with van der Waals surface area (Å²) in [5.41, 5.74) is 1.70. The molecule has 132 valence electrons. The first-order valence-electron chi connectivity index (χ1n) is 8.26. The van der Waals surface area contributed by atoms with Crippen molar-refractivity contribution in [2.75, 3.05) is 6.26 Å². The van der Waals surface area contributed by atoms with E-state index in [1.807, 2.05) is 32.4 Å². The number of ether oxygens (including phenoxy) is 1. The monoisotopic (exact) mass is 349 g/mol. The van der Waals surface area contributed by atoms with Crippen molar-refractivity contribution in [2.24, 2.45) is 0 Å². The highest BCUT2D eigenvalue weighted by Gasteiger charge is 2.19. The van der Waals surface area contributed by atoms with Crippen LogP contribution < -0.4 is 5.32 Å². The van der Waals surface area contributed by atoms with Crippen LogP contribution in [0.3, 0.4) is 0 Å². The predicted octanol–water partition coefficient (Wildman–Crippen LogP) is 4.23. The Morgan fingerprint density at radius 3 is 2.71 bits per heavy atom. The fourth-order valence-corrected chi connectivity index (χ4v) is 3.00. The topological polar surface area (TPSA) is 56.2 Å². The van der Waals surface area contributed by atoms with Crippen LogP contribution in [-0.2, 0) is 17.7 Å². The van der Waals surface area contributed by atoms with Crippen LogP contribution in [0.1, 0.15) is 40.3 Å². The second-order valence-electron chi connectivity index (χ2n) is 6.91. The van der Waals surface area contributed by atoms with E-state index in [9.17, 15) is 4.79 Å². The summed E-state index contributed by atoms with van der Waals surface area (Å²) in [7, 11) is 0. The van der Waals surface area contributed by atoms with E-state index in [4.69, 9.17) is 9.84 Å². The van der Waals surface area contributed by atoms with Crippen LogP contribution in [0.4, 0.5) is 4.79 Å². The van der Waals surface area contributed by atoms with Crippen LogP contribution in [-0.4, -0.2) is 33.8 Å². The molecule has 0 spiro atoms. The Bertz CT molecular complexity index is 719. The fraction of sp³-hybridized carbons (Fsp3) is 0.556. The van der Waals surface area contributed by atoms with Gasteiger partial charge in [-0.25, -0.2) is 4.79 Å². The summed E-state index contributed by atoms with van der Waals surface area (Å²) in [4.78, 5) is 13.1. The smallest absolute Gasteiger partial charge is 0.407 e. The van der Waals surface area contributed by atoms with Crippen molar-refractivity contribution in [3.63, 3.8) is 0 Å². The average Bonchev–Trinajstić information content (AvgIpc) is 2.82. The second-order valence-corrected chi connectivity index (χ2v) is 7.79. The van der Waals surface area contributed by atoms with Crippen LogP contribution >= 0.6 is 11.8 Å². The highest BCUT2D eigenvalue weighted by atomic mass is 32.2. The van der Waals surface area contributed by atoms with Crippen molar-refractivity contribution in [3.8, 4) is 0 Å². The minimum atomic E-state index is -0.495. The Labute approximate surface area is 148 Å². The molecule has 6 heteroatoms. The largest absolute Gasteiger partial charge is 0.444 e. The molecular weight excluding hydrogens is 322 g/mol. The van der Waals surface area contributed by atoms with E-state index in [-0.39, 0.29) is 6.04 Å². The molecule has 2 aromatic rings. The lowest BCUT2D eigenvalue weighted by Gasteiger charge is -2.22. The minimum absolute atomic E-state index is 0.0782. The number of aromatic nitrogens is 2. The molecular formula is C18H27N3O2S. The summed E-state index contributed by atoms with van der Waals surface area (Å²) < 4.78 is 7.30. The number of carbonyl (C=O) groups excluding carboxylic acids is 1. The number of hydrogen-bond donors (Lipinski definition) is 1. The van der Waals surface area contributed by atoms with E-state index in [0.29, 0.717) is 6.54 Å². The van der Waals surface area contributed by atoms with E-state index >= 15 is 0 Å². The molecule has 0 fully saturated rings. The zero-order valence-electron chi connectivity index (χ0n) is 15.3. The standard InChI is InChI=1S/C18H27N3O2S/c1-7-15-14-9-8-13(24-6)10-16(14)21(20-15)11-12(2)19-17(22)23-18(3,4)5/h8-10,12H,7,11H2,1-6H3,(H,19,22)/t12-/m0/s1. The maximum Gasteiger partial charge on any atom is 0.407 e. The summed E-state index contributed by atoms with van der Waals surface area (Å²) in [6.07, 6.45) is 2.55. The average molecular weight is 350 g/mol. The van der Waals surface area contributed by atoms with Gasteiger partial charge in [-0.05, 0) is 58.6 Å². The van der Waals surface area contributed by atoms with Gasteiger partial charge in [0.05, 0.1) is 17.8 Å². The molecule has 1 N–H and O–H groups in total. The van der Waals surface area contributed by atoms with Crippen molar-refractivity contribution in [2.45, 2.75) is 64.1 Å². The van der Waals surface area contributed by atoms with Gasteiger partial charge in [-0.2, -0.15) is 5.10 Å². The number of fused-ring (bicyclic) bond motifs is 1. The van der Waals surface area contributed by atoms with E-state index < -0.39 is 11.7 Å². The quantitative estimate of drug-likeness (QED) is 0.821. The van der Waals surface area contributed by atoms with Crippen molar-refractivity contribution >= 4 is 28.8 Å². The predicted molar refractivity (Wildman–Crippen MR) is 99.7 cm³/mol. The maximum atomic E-state index is 11.9. The number of aryl methyl sites for hydroxylation is 1. The summed E-state index contributed by atoms with van der Waals surface area (Å²) in [5.74, 6) is 0. The van der Waals surface area contributed by atoms with Gasteiger partial charge in [0, 0.05) is 16.3 Å². The molecule has 0 saturated heterocycles. The molecule has 0 aliphatic rings. The number of nitrogens with one attached hydrogen (secondary N) is 1. The van der Waals surface area contributed by atoms with E-state index in [2.05, 4.69) is 36.7 Å². The Kier molecular flexibility index (Phi) is 5.80. The summed E-state index contributed by atoms with van der Waals surface area (Å²) in [6, 6.07) is 6.34. The first-order valence-corrected chi connectivity index (χ1v) is 9.49. The SMILES string of the molecule is CCc1nn(C[C@H](C)NC(=O)OC(C)(C)C)c2cc(SC)ccc12. The molecule has 0 unspecified atom stereocenters. The number of hydrogen-bond acceptors (Lipinski definition) is 4. The normalized spacial score (nSPS) is 13.1. The number of carbonyl (C=O) groups is 1. The second kappa shape index (κ2) is 7.47. The molecule has 0 radical (unpaired) electrons. The van der Waals surface area contributed by atoms with Gasteiger partial charge >= 0.3 is 6.09 Å². The molecule has 1 heterocycles. The molecule has 0 saturated carbocycles. The molecule has 1 atom stereocenters. The summed E-state index contributed by atoms with van der Waals surface area (Å²) >= 11 is 1.71. The van der Waals surface area contributed by atoms with Crippen LogP contribution in [0.25, 0.3) is 10.9 Å². The summed E-state index contributed by atoms with van der Waals surface area (Å²) in [5, 5.41) is 8.78. The van der Waals surface area contributed by atoms with Gasteiger partial charge in [0.2, 0.25) is 0 Å². The van der Waals surface area contributed by atoms with Crippen LogP contribution in [0.15, 0.2) is 23.1 Å². The van der Waals surface area contributed by atoms with Gasteiger partial charge in [0.15, 0.2) is 0 Å². The van der Waals surface area contributed by atoms with E-state index in [0.717, 1.165) is 17.6 Å². The highest BCUT2D eigenvalue weighted by Crippen LogP contribution is 2.25. The van der Waals surface area contributed by atoms with E-state index in [1.165, 1.54) is 10.3 Å². The molecule has 24 heavy (non-hydrogen) atoms. The number of nitrogens with zero attached hydrogens (tertiary/aromatic N) is 2. The van der Waals surface area contributed by atoms with Crippen LogP contribution in [0, 0.1) is 0 Å². The third-order valence-electron chi connectivity index (χ3n) is 3.58. The number of amides is 1. The van der Waals surface area contributed by atoms with Crippen molar-refractivity contribution in [3.05, 3.63) is 23.9 Å². The van der Waals surface area contributed by atoms with Crippen molar-refractivity contribution < 1.29 is 9.53 Å². The Hall–Kier alpha value is -1.69. The lowest BCUT2D eigenvalue weighted by Crippen LogP contribution is -2.39. The van der Waals surface area contributed by atoms with Crippen LogP contribution in [0.2, 0.25) is 0 Å². The molecule has 2 rings (SSSR count). The first kappa shape index (κ1) is 18.6. The highest BCUT2D eigenvalue weighted by molar-refractivity contribution is 7.98. The fourth-order valence-electron chi connectivity index (χ4n) is 2.56. The first-order chi connectivity index (χ1) is 11.2. The third kappa shape index (κ3) is 4.66. The molecule has 1 aromatic carbocycles. The van der Waals surface area contributed by atoms with Gasteiger partial charge in [-0.15, -0.1) is 11.8 Å². The van der Waals surface area contributed by atoms with Gasteiger partial charge < -0.3 is 10.1 Å². The lowest BCUT2D eigenvalue weighted by molar-refractivity contribution is 0.0504. The molecule has 0 aliphatic carbocycles. The molecule has 0 bridgehead atoms. The maximum absolute atomic E-state index is 11.9. The molecule has 0 aliphatic heterocycles. The number of alkyl carbamates (subject to hydrolysis) is 1. The Morgan fingerprint density at radius 2 is 2.12 bits per heavy atom. The number of rotatable bonds is 5. The molecule has 1 aromatic heterocycles. The van der Waals surface area contributed by atoms with Crippen LogP contribution in [0.5, 0.6) is 0 Å². The zero-order valence-corrected chi connectivity index (χ0v) is 16.2. The van der Waals surface area contributed by atoms with Crippen molar-refractivity contribution in [1.82, 2.24) is 15.1 Å². The van der Waals surface area contributed by atoms with Crippen molar-refractivity contribution in [1.29, 1.82) is 0 Å². The minimum Gasteiger partial charge on any atom is -0.444 e. The molecule has 5 nitrogen and oxygen atoms in total. The van der Waals surface area contributed by atoms with Gasteiger partial charge in [0.25, 0.3) is 0 Å². The zero-order chi connectivity index (χ0) is 17.9.